The Labute approximate surface area is 80.5 Å². The monoisotopic (exact) mass is 203 g/mol. The molecule has 0 bridgehead atoms. The molecule has 3 nitrogen and oxygen atoms in total. The van der Waals surface area contributed by atoms with E-state index in [-0.39, 0.29) is 12.3 Å². The fourth-order valence-electron chi connectivity index (χ4n) is 1.13. The number of methoxy groups -OCH3 is 1. The second-order valence-corrected chi connectivity index (χ2v) is 2.89. The smallest absolute Gasteiger partial charge is 0.162 e. The van der Waals surface area contributed by atoms with Crippen LogP contribution in [-0.2, 0) is 6.54 Å². The first-order valence-corrected chi connectivity index (χ1v) is 3.96. The number of hydrogen-bond donors (Lipinski definition) is 1. The summed E-state index contributed by atoms with van der Waals surface area (Å²) in [6, 6.07) is 1.95. The van der Waals surface area contributed by atoms with E-state index in [1.807, 2.05) is 0 Å². The third-order valence-electron chi connectivity index (χ3n) is 1.72. The van der Waals surface area contributed by atoms with Crippen LogP contribution in [0.4, 0.5) is 8.78 Å². The van der Waals surface area contributed by atoms with Crippen LogP contribution in [0, 0.1) is 11.6 Å². The van der Waals surface area contributed by atoms with Crippen molar-refractivity contribution in [2.24, 2.45) is 0 Å². The Morgan fingerprint density at radius 1 is 1.36 bits per heavy atom. The van der Waals surface area contributed by atoms with Crippen LogP contribution in [-0.4, -0.2) is 24.4 Å². The van der Waals surface area contributed by atoms with Crippen LogP contribution in [0.25, 0.3) is 0 Å². The Kier molecular flexibility index (Phi) is 3.38. The minimum absolute atomic E-state index is 0.0698. The van der Waals surface area contributed by atoms with Crippen LogP contribution >= 0.6 is 0 Å². The van der Waals surface area contributed by atoms with Crippen LogP contribution < -0.4 is 4.74 Å². The second kappa shape index (κ2) is 4.34. The molecule has 14 heavy (non-hydrogen) atoms. The van der Waals surface area contributed by atoms with E-state index in [2.05, 4.69) is 0 Å². The van der Waals surface area contributed by atoms with Gasteiger partial charge in [0.15, 0.2) is 11.6 Å². The summed E-state index contributed by atoms with van der Waals surface area (Å²) in [6.07, 6.45) is 0. The molecule has 1 rings (SSSR count). The maximum absolute atomic E-state index is 12.8. The molecule has 0 saturated heterocycles. The molecule has 0 amide bonds. The van der Waals surface area contributed by atoms with Crippen LogP contribution in [0.2, 0.25) is 0 Å². The lowest BCUT2D eigenvalue weighted by Gasteiger charge is -2.12. The quantitative estimate of drug-likeness (QED) is 0.760. The summed E-state index contributed by atoms with van der Waals surface area (Å²) in [4.78, 5) is 0. The molecule has 1 aromatic rings. The molecule has 0 aliphatic rings. The van der Waals surface area contributed by atoms with Gasteiger partial charge in [-0.2, -0.15) is 5.06 Å². The van der Waals surface area contributed by atoms with Crippen molar-refractivity contribution in [3.63, 3.8) is 0 Å². The molecule has 0 heterocycles. The number of ether oxygens (including phenoxy) is 1. The van der Waals surface area contributed by atoms with E-state index in [0.717, 1.165) is 17.2 Å². The molecule has 0 unspecified atom stereocenters. The molecular weight excluding hydrogens is 192 g/mol. The van der Waals surface area contributed by atoms with Crippen molar-refractivity contribution < 1.29 is 18.7 Å². The summed E-state index contributed by atoms with van der Waals surface area (Å²) >= 11 is 0. The Morgan fingerprint density at radius 2 is 1.93 bits per heavy atom. The lowest BCUT2D eigenvalue weighted by Crippen LogP contribution is -2.13. The molecule has 0 aliphatic carbocycles. The third kappa shape index (κ3) is 2.40. The number of benzene rings is 1. The zero-order valence-electron chi connectivity index (χ0n) is 7.92. The van der Waals surface area contributed by atoms with E-state index in [9.17, 15) is 8.78 Å². The van der Waals surface area contributed by atoms with Gasteiger partial charge in [-0.3, -0.25) is 0 Å². The van der Waals surface area contributed by atoms with Gasteiger partial charge in [0, 0.05) is 18.7 Å². The molecule has 0 aliphatic heterocycles. The van der Waals surface area contributed by atoms with Gasteiger partial charge in [-0.1, -0.05) is 0 Å². The van der Waals surface area contributed by atoms with E-state index < -0.39 is 11.6 Å². The number of nitrogens with zero attached hydrogens (tertiary/aromatic N) is 1. The van der Waals surface area contributed by atoms with E-state index in [0.29, 0.717) is 5.56 Å². The van der Waals surface area contributed by atoms with E-state index in [1.54, 1.807) is 0 Å². The average molecular weight is 203 g/mol. The van der Waals surface area contributed by atoms with Crippen LogP contribution in [0.15, 0.2) is 12.1 Å². The van der Waals surface area contributed by atoms with Crippen molar-refractivity contribution >= 4 is 0 Å². The first kappa shape index (κ1) is 10.9. The standard InChI is InChI=1S/C9H11F2NO2/c1-12(13)5-6-3-7(10)8(11)4-9(6)14-2/h3-4,13H,5H2,1-2H3. The number of hydroxylamine groups is 2. The molecule has 78 valence electrons. The highest BCUT2D eigenvalue weighted by molar-refractivity contribution is 5.34. The number of halogens is 2. The Bertz CT molecular complexity index is 329. The minimum atomic E-state index is -0.966. The predicted molar refractivity (Wildman–Crippen MR) is 46.2 cm³/mol. The molecular formula is C9H11F2NO2. The number of hydrogen-bond acceptors (Lipinski definition) is 3. The highest BCUT2D eigenvalue weighted by Crippen LogP contribution is 2.22. The summed E-state index contributed by atoms with van der Waals surface area (Å²) in [7, 11) is 2.76. The van der Waals surface area contributed by atoms with E-state index in [1.165, 1.54) is 14.2 Å². The topological polar surface area (TPSA) is 32.7 Å². The van der Waals surface area contributed by atoms with Gasteiger partial charge in [0.2, 0.25) is 0 Å². The molecule has 1 aromatic carbocycles. The van der Waals surface area contributed by atoms with Crippen LogP contribution in [0.5, 0.6) is 5.75 Å². The first-order chi connectivity index (χ1) is 6.54. The van der Waals surface area contributed by atoms with Gasteiger partial charge in [0.1, 0.15) is 5.75 Å². The molecule has 0 fully saturated rings. The van der Waals surface area contributed by atoms with Gasteiger partial charge >= 0.3 is 0 Å². The first-order valence-electron chi connectivity index (χ1n) is 3.96. The molecule has 0 aromatic heterocycles. The molecule has 0 spiro atoms. The summed E-state index contributed by atoms with van der Waals surface area (Å²) in [6.45, 7) is 0.0698. The second-order valence-electron chi connectivity index (χ2n) is 2.89. The summed E-state index contributed by atoms with van der Waals surface area (Å²) in [5.41, 5.74) is 0.386. The summed E-state index contributed by atoms with van der Waals surface area (Å²) < 4.78 is 30.4. The SMILES string of the molecule is COc1cc(F)c(F)cc1CN(C)O. The lowest BCUT2D eigenvalue weighted by atomic mass is 10.2. The molecule has 1 N–H and O–H groups in total. The zero-order valence-corrected chi connectivity index (χ0v) is 7.92. The Morgan fingerprint density at radius 3 is 2.43 bits per heavy atom. The molecule has 0 atom stereocenters. The minimum Gasteiger partial charge on any atom is -0.496 e. The van der Waals surface area contributed by atoms with Gasteiger partial charge in [0.25, 0.3) is 0 Å². The van der Waals surface area contributed by atoms with Gasteiger partial charge in [-0.05, 0) is 6.07 Å². The maximum atomic E-state index is 12.8. The van der Waals surface area contributed by atoms with E-state index >= 15 is 0 Å². The highest BCUT2D eigenvalue weighted by Gasteiger charge is 2.11. The third-order valence-corrected chi connectivity index (χ3v) is 1.72. The number of rotatable bonds is 3. The highest BCUT2D eigenvalue weighted by atomic mass is 19.2. The van der Waals surface area contributed by atoms with Crippen LogP contribution in [0.1, 0.15) is 5.56 Å². The molecule has 0 radical (unpaired) electrons. The van der Waals surface area contributed by atoms with Crippen molar-refractivity contribution in [3.8, 4) is 5.75 Å². The van der Waals surface area contributed by atoms with Crippen molar-refractivity contribution in [1.82, 2.24) is 5.06 Å². The summed E-state index contributed by atoms with van der Waals surface area (Å²) in [5, 5.41) is 9.80. The normalized spacial score (nSPS) is 10.7. The van der Waals surface area contributed by atoms with Crippen molar-refractivity contribution in [1.29, 1.82) is 0 Å². The average Bonchev–Trinajstić information content (AvgIpc) is 2.10. The predicted octanol–water partition coefficient (Wildman–Crippen LogP) is 1.79. The van der Waals surface area contributed by atoms with Gasteiger partial charge in [0.05, 0.1) is 13.7 Å². The fourth-order valence-corrected chi connectivity index (χ4v) is 1.13. The van der Waals surface area contributed by atoms with Gasteiger partial charge < -0.3 is 9.94 Å². The Balaban J connectivity index is 3.07. The van der Waals surface area contributed by atoms with E-state index in [4.69, 9.17) is 9.94 Å². The van der Waals surface area contributed by atoms with Crippen LogP contribution in [0.3, 0.4) is 0 Å². The Hall–Kier alpha value is -1.20. The van der Waals surface area contributed by atoms with Crippen molar-refractivity contribution in [2.75, 3.05) is 14.2 Å². The zero-order chi connectivity index (χ0) is 10.7. The van der Waals surface area contributed by atoms with Crippen molar-refractivity contribution in [3.05, 3.63) is 29.3 Å². The fraction of sp³-hybridized carbons (Fsp3) is 0.333. The lowest BCUT2D eigenvalue weighted by molar-refractivity contribution is -0.0736. The van der Waals surface area contributed by atoms with Gasteiger partial charge in [-0.25, -0.2) is 8.78 Å². The molecule has 5 heteroatoms. The largest absolute Gasteiger partial charge is 0.496 e. The van der Waals surface area contributed by atoms with Gasteiger partial charge in [-0.15, -0.1) is 0 Å². The summed E-state index contributed by atoms with van der Waals surface area (Å²) in [5.74, 6) is -1.71. The van der Waals surface area contributed by atoms with Crippen molar-refractivity contribution in [2.45, 2.75) is 6.54 Å². The maximum Gasteiger partial charge on any atom is 0.162 e. The molecule has 0 saturated carbocycles.